The Labute approximate surface area is 198 Å². The van der Waals surface area contributed by atoms with Crippen molar-refractivity contribution in [2.75, 3.05) is 39.8 Å². The van der Waals surface area contributed by atoms with Gasteiger partial charge in [-0.05, 0) is 55.5 Å². The molecule has 2 saturated heterocycles. The highest BCUT2D eigenvalue weighted by molar-refractivity contribution is 5.63. The fraction of sp³-hybridized carbons (Fsp3) is 0.429. The van der Waals surface area contributed by atoms with Crippen molar-refractivity contribution in [2.24, 2.45) is 0 Å². The van der Waals surface area contributed by atoms with Crippen LogP contribution in [0.2, 0.25) is 0 Å². The average molecular weight is 448 g/mol. The van der Waals surface area contributed by atoms with E-state index in [1.165, 1.54) is 11.1 Å². The van der Waals surface area contributed by atoms with E-state index in [0.717, 1.165) is 68.1 Å². The minimum atomic E-state index is -0.255. The van der Waals surface area contributed by atoms with E-state index in [0.29, 0.717) is 19.1 Å². The quantitative estimate of drug-likeness (QED) is 0.603. The summed E-state index contributed by atoms with van der Waals surface area (Å²) in [6, 6.07) is 17.2. The first-order valence-electron chi connectivity index (χ1n) is 12.0. The van der Waals surface area contributed by atoms with Crippen molar-refractivity contribution in [1.82, 2.24) is 15.1 Å². The van der Waals surface area contributed by atoms with Crippen LogP contribution in [0, 0.1) is 0 Å². The second-order valence-corrected chi connectivity index (χ2v) is 9.25. The Morgan fingerprint density at radius 3 is 2.52 bits per heavy atom. The van der Waals surface area contributed by atoms with E-state index in [-0.39, 0.29) is 6.10 Å². The second kappa shape index (κ2) is 10.9. The molecule has 2 aliphatic rings. The third-order valence-corrected chi connectivity index (χ3v) is 6.86. The van der Waals surface area contributed by atoms with E-state index < -0.39 is 0 Å². The van der Waals surface area contributed by atoms with Crippen molar-refractivity contribution in [3.63, 3.8) is 0 Å². The van der Waals surface area contributed by atoms with Crippen LogP contribution in [0.15, 0.2) is 67.4 Å². The topological polar surface area (TPSA) is 48.0 Å². The van der Waals surface area contributed by atoms with Crippen LogP contribution in [0.1, 0.15) is 41.9 Å². The molecule has 2 N–H and O–H groups in total. The van der Waals surface area contributed by atoms with Crippen LogP contribution in [-0.2, 0) is 6.54 Å². The zero-order valence-corrected chi connectivity index (χ0v) is 19.8. The maximum atomic E-state index is 9.73. The van der Waals surface area contributed by atoms with Crippen molar-refractivity contribution in [3.05, 3.63) is 84.1 Å². The van der Waals surface area contributed by atoms with Gasteiger partial charge in [-0.3, -0.25) is 0 Å². The number of hydrogen-bond donors (Lipinski definition) is 2. The molecular weight excluding hydrogens is 410 g/mol. The molecule has 2 fully saturated rings. The summed E-state index contributed by atoms with van der Waals surface area (Å²) in [5, 5.41) is 13.0. The van der Waals surface area contributed by atoms with Crippen LogP contribution in [0.25, 0.3) is 5.70 Å². The molecule has 2 heterocycles. The number of rotatable bonds is 9. The van der Waals surface area contributed by atoms with Gasteiger partial charge in [0.2, 0.25) is 0 Å². The monoisotopic (exact) mass is 447 g/mol. The van der Waals surface area contributed by atoms with E-state index in [2.05, 4.69) is 64.7 Å². The normalized spacial score (nSPS) is 19.0. The Bertz CT molecular complexity index is 965. The Morgan fingerprint density at radius 2 is 1.79 bits per heavy atom. The number of aliphatic hydroxyl groups is 1. The van der Waals surface area contributed by atoms with Crippen LogP contribution in [0.3, 0.4) is 0 Å². The van der Waals surface area contributed by atoms with Gasteiger partial charge in [-0.1, -0.05) is 49.6 Å². The highest BCUT2D eigenvalue weighted by Gasteiger charge is 2.23. The Hall–Kier alpha value is -2.76. The van der Waals surface area contributed by atoms with Gasteiger partial charge in [0, 0.05) is 49.7 Å². The van der Waals surface area contributed by atoms with E-state index in [1.54, 1.807) is 0 Å². The zero-order chi connectivity index (χ0) is 23.2. The van der Waals surface area contributed by atoms with Gasteiger partial charge >= 0.3 is 0 Å². The highest BCUT2D eigenvalue weighted by atomic mass is 16.5. The molecule has 0 unspecified atom stereocenters. The fourth-order valence-corrected chi connectivity index (χ4v) is 4.88. The molecule has 0 bridgehead atoms. The number of aliphatic hydroxyl groups excluding tert-OH is 1. The first kappa shape index (κ1) is 23.4. The molecule has 0 saturated carbocycles. The summed E-state index contributed by atoms with van der Waals surface area (Å²) in [5.74, 6) is 1.43. The number of ether oxygens (including phenoxy) is 1. The van der Waals surface area contributed by atoms with Crippen LogP contribution in [0.4, 0.5) is 0 Å². The first-order chi connectivity index (χ1) is 16.0. The molecule has 0 amide bonds. The standard InChI is InChI=1S/C28H37N3O2/c1-21(31-15-12-27(32)19-31)20-33-28-9-5-7-25(17-28)22(2)30-13-10-24(11-14-30)26-8-4-6-23(16-26)18-29-3/h4-9,16-17,24,27,29,32H,1-2,10-15,18-20H2,3H3/t27-/m1/s1. The molecule has 176 valence electrons. The lowest BCUT2D eigenvalue weighted by Crippen LogP contribution is -2.31. The van der Waals surface area contributed by atoms with E-state index in [9.17, 15) is 5.11 Å². The number of benzene rings is 2. The van der Waals surface area contributed by atoms with Gasteiger partial charge in [-0.25, -0.2) is 0 Å². The molecule has 0 aromatic heterocycles. The van der Waals surface area contributed by atoms with Crippen molar-refractivity contribution in [3.8, 4) is 5.75 Å². The van der Waals surface area contributed by atoms with Gasteiger partial charge in [0.15, 0.2) is 0 Å². The summed E-state index contributed by atoms with van der Waals surface area (Å²) in [5.41, 5.74) is 5.88. The smallest absolute Gasteiger partial charge is 0.127 e. The summed E-state index contributed by atoms with van der Waals surface area (Å²) >= 11 is 0. The van der Waals surface area contributed by atoms with E-state index in [1.807, 2.05) is 19.2 Å². The van der Waals surface area contributed by atoms with Crippen molar-refractivity contribution < 1.29 is 9.84 Å². The number of likely N-dealkylation sites (tertiary alicyclic amines) is 2. The molecule has 2 aromatic rings. The molecule has 2 aliphatic heterocycles. The average Bonchev–Trinajstić information content (AvgIpc) is 3.29. The summed E-state index contributed by atoms with van der Waals surface area (Å²) in [6.07, 6.45) is 2.82. The minimum absolute atomic E-state index is 0.255. The lowest BCUT2D eigenvalue weighted by Gasteiger charge is -2.35. The predicted molar refractivity (Wildman–Crippen MR) is 135 cm³/mol. The largest absolute Gasteiger partial charge is 0.487 e. The maximum absolute atomic E-state index is 9.73. The number of piperidine rings is 1. The number of nitrogens with zero attached hydrogens (tertiary/aromatic N) is 2. The summed E-state index contributed by atoms with van der Waals surface area (Å²) in [7, 11) is 1.99. The number of nitrogens with one attached hydrogen (secondary N) is 1. The van der Waals surface area contributed by atoms with E-state index >= 15 is 0 Å². The summed E-state index contributed by atoms with van der Waals surface area (Å²) in [4.78, 5) is 4.50. The Morgan fingerprint density at radius 1 is 1.03 bits per heavy atom. The van der Waals surface area contributed by atoms with Gasteiger partial charge in [0.1, 0.15) is 12.4 Å². The van der Waals surface area contributed by atoms with Gasteiger partial charge in [-0.15, -0.1) is 0 Å². The summed E-state index contributed by atoms with van der Waals surface area (Å²) < 4.78 is 6.01. The molecule has 2 aromatic carbocycles. The Kier molecular flexibility index (Phi) is 7.73. The molecule has 5 heteroatoms. The second-order valence-electron chi connectivity index (χ2n) is 9.25. The minimum Gasteiger partial charge on any atom is -0.487 e. The predicted octanol–water partition coefficient (Wildman–Crippen LogP) is 4.22. The van der Waals surface area contributed by atoms with Crippen LogP contribution in [0.5, 0.6) is 5.75 Å². The molecule has 5 nitrogen and oxygen atoms in total. The van der Waals surface area contributed by atoms with Crippen LogP contribution >= 0.6 is 0 Å². The van der Waals surface area contributed by atoms with Gasteiger partial charge in [0.25, 0.3) is 0 Å². The number of β-amino-alcohol motifs (C(OH)–C–C–N with tert-alkyl or cyclic N) is 1. The highest BCUT2D eigenvalue weighted by Crippen LogP contribution is 2.32. The zero-order valence-electron chi connectivity index (χ0n) is 19.8. The summed E-state index contributed by atoms with van der Waals surface area (Å²) in [6.45, 7) is 13.4. The maximum Gasteiger partial charge on any atom is 0.127 e. The molecule has 0 radical (unpaired) electrons. The van der Waals surface area contributed by atoms with Gasteiger partial charge in [0.05, 0.1) is 6.10 Å². The van der Waals surface area contributed by atoms with Gasteiger partial charge < -0.3 is 25.0 Å². The van der Waals surface area contributed by atoms with Crippen LogP contribution in [-0.4, -0.2) is 60.8 Å². The molecular formula is C28H37N3O2. The van der Waals surface area contributed by atoms with Crippen molar-refractivity contribution in [1.29, 1.82) is 0 Å². The molecule has 0 spiro atoms. The van der Waals surface area contributed by atoms with E-state index in [4.69, 9.17) is 4.74 Å². The van der Waals surface area contributed by atoms with Gasteiger partial charge in [-0.2, -0.15) is 0 Å². The SMILES string of the molecule is C=C(COc1cccc(C(=C)N2CCC(c3cccc(CNC)c3)CC2)c1)N1CC[C@@H](O)C1. The third kappa shape index (κ3) is 5.98. The molecule has 0 aliphatic carbocycles. The third-order valence-electron chi connectivity index (χ3n) is 6.86. The fourth-order valence-electron chi connectivity index (χ4n) is 4.88. The van der Waals surface area contributed by atoms with Crippen LogP contribution < -0.4 is 10.1 Å². The lowest BCUT2D eigenvalue weighted by atomic mass is 9.88. The first-order valence-corrected chi connectivity index (χ1v) is 12.0. The van der Waals surface area contributed by atoms with Crippen molar-refractivity contribution >= 4 is 5.70 Å². The molecule has 33 heavy (non-hydrogen) atoms. The Balaban J connectivity index is 1.31. The lowest BCUT2D eigenvalue weighted by molar-refractivity contribution is 0.180. The molecule has 1 atom stereocenters. The number of hydrogen-bond acceptors (Lipinski definition) is 5. The molecule has 4 rings (SSSR count). The van der Waals surface area contributed by atoms with Crippen molar-refractivity contribution in [2.45, 2.75) is 37.8 Å².